The number of carbonyl (C=O) groups excluding carboxylic acids is 1. The Kier molecular flexibility index (Phi) is 5.76. The lowest BCUT2D eigenvalue weighted by atomic mass is 9.96. The number of hydrogen-bond acceptors (Lipinski definition) is 3. The quantitative estimate of drug-likeness (QED) is 0.840. The molecule has 2 rings (SSSR count). The Hall–Kier alpha value is -1.39. The van der Waals surface area contributed by atoms with Crippen molar-refractivity contribution < 1.29 is 9.90 Å². The molecule has 0 saturated carbocycles. The van der Waals surface area contributed by atoms with Gasteiger partial charge in [-0.3, -0.25) is 9.69 Å². The molecule has 21 heavy (non-hydrogen) atoms. The minimum absolute atomic E-state index is 0.0509. The van der Waals surface area contributed by atoms with Gasteiger partial charge in [0.05, 0.1) is 12.6 Å². The van der Waals surface area contributed by atoms with Gasteiger partial charge in [0.2, 0.25) is 5.91 Å². The zero-order chi connectivity index (χ0) is 15.2. The predicted molar refractivity (Wildman–Crippen MR) is 83.8 cm³/mol. The third kappa shape index (κ3) is 4.55. The first-order chi connectivity index (χ1) is 10.1. The monoisotopic (exact) mass is 290 g/mol. The van der Waals surface area contributed by atoms with Crippen molar-refractivity contribution in [3.63, 3.8) is 0 Å². The van der Waals surface area contributed by atoms with E-state index in [1.807, 2.05) is 18.2 Å². The summed E-state index contributed by atoms with van der Waals surface area (Å²) in [6.07, 6.45) is 0.982. The van der Waals surface area contributed by atoms with Crippen LogP contribution in [0.1, 0.15) is 31.9 Å². The van der Waals surface area contributed by atoms with E-state index >= 15 is 0 Å². The molecule has 4 heteroatoms. The number of likely N-dealkylation sites (tertiary alicyclic amines) is 1. The number of nitrogens with one attached hydrogen (secondary N) is 1. The molecule has 1 fully saturated rings. The molecule has 4 nitrogen and oxygen atoms in total. The Balaban J connectivity index is 1.90. The minimum Gasteiger partial charge on any atom is -0.396 e. The van der Waals surface area contributed by atoms with Gasteiger partial charge >= 0.3 is 0 Å². The highest BCUT2D eigenvalue weighted by atomic mass is 16.3. The lowest BCUT2D eigenvalue weighted by Gasteiger charge is -2.24. The maximum Gasteiger partial charge on any atom is 0.234 e. The van der Waals surface area contributed by atoms with Crippen LogP contribution in [0, 0.1) is 11.8 Å². The molecule has 2 unspecified atom stereocenters. The molecule has 1 aromatic carbocycles. The molecule has 0 bridgehead atoms. The molecule has 116 valence electrons. The zero-order valence-electron chi connectivity index (χ0n) is 13.0. The summed E-state index contributed by atoms with van der Waals surface area (Å²) in [6.45, 7) is 6.60. The number of nitrogens with zero attached hydrogens (tertiary/aromatic N) is 1. The Bertz CT molecular complexity index is 447. The van der Waals surface area contributed by atoms with Gasteiger partial charge in [-0.2, -0.15) is 0 Å². The summed E-state index contributed by atoms with van der Waals surface area (Å²) >= 11 is 0. The van der Waals surface area contributed by atoms with Crippen molar-refractivity contribution in [3.05, 3.63) is 35.9 Å². The van der Waals surface area contributed by atoms with Crippen molar-refractivity contribution in [3.8, 4) is 0 Å². The van der Waals surface area contributed by atoms with Crippen molar-refractivity contribution >= 4 is 5.91 Å². The van der Waals surface area contributed by atoms with Crippen LogP contribution in [0.5, 0.6) is 0 Å². The first kappa shape index (κ1) is 16.0. The first-order valence-corrected chi connectivity index (χ1v) is 7.77. The molecular weight excluding hydrogens is 264 g/mol. The number of benzene rings is 1. The van der Waals surface area contributed by atoms with Crippen LogP contribution in [0.15, 0.2) is 30.3 Å². The Labute approximate surface area is 127 Å². The third-order valence-electron chi connectivity index (χ3n) is 4.14. The van der Waals surface area contributed by atoms with Crippen LogP contribution in [-0.2, 0) is 4.79 Å². The molecule has 1 amide bonds. The van der Waals surface area contributed by atoms with Gasteiger partial charge < -0.3 is 10.4 Å². The predicted octanol–water partition coefficient (Wildman–Crippen LogP) is 1.81. The molecule has 1 aromatic rings. The van der Waals surface area contributed by atoms with Gasteiger partial charge in [-0.05, 0) is 30.4 Å². The van der Waals surface area contributed by atoms with Gasteiger partial charge in [-0.25, -0.2) is 0 Å². The van der Waals surface area contributed by atoms with Crippen LogP contribution < -0.4 is 5.32 Å². The molecule has 2 atom stereocenters. The van der Waals surface area contributed by atoms with E-state index in [9.17, 15) is 4.79 Å². The maximum absolute atomic E-state index is 12.3. The molecule has 1 saturated heterocycles. The van der Waals surface area contributed by atoms with Gasteiger partial charge in [0.25, 0.3) is 0 Å². The highest BCUT2D eigenvalue weighted by molar-refractivity contribution is 5.78. The average Bonchev–Trinajstić information content (AvgIpc) is 2.93. The fraction of sp³-hybridized carbons (Fsp3) is 0.588. The standard InChI is InChI=1S/C17H26N2O2/c1-13(2)17(15-6-4-3-5-7-15)18-16(21)11-19-9-8-14(10-19)12-20/h3-7,13-14,17,20H,8-12H2,1-2H3,(H,18,21). The molecule has 2 N–H and O–H groups in total. The Morgan fingerprint density at radius 3 is 2.67 bits per heavy atom. The average molecular weight is 290 g/mol. The van der Waals surface area contributed by atoms with E-state index in [2.05, 4.69) is 36.2 Å². The van der Waals surface area contributed by atoms with Crippen LogP contribution in [0.25, 0.3) is 0 Å². The topological polar surface area (TPSA) is 52.6 Å². The summed E-state index contributed by atoms with van der Waals surface area (Å²) in [5.41, 5.74) is 1.15. The number of rotatable bonds is 6. The number of amides is 1. The van der Waals surface area contributed by atoms with Crippen molar-refractivity contribution in [2.45, 2.75) is 26.3 Å². The van der Waals surface area contributed by atoms with Gasteiger partial charge in [-0.1, -0.05) is 44.2 Å². The highest BCUT2D eigenvalue weighted by Crippen LogP contribution is 2.21. The summed E-state index contributed by atoms with van der Waals surface area (Å²) in [6, 6.07) is 10.2. The molecule has 0 radical (unpaired) electrons. The molecule has 1 aliphatic heterocycles. The highest BCUT2D eigenvalue weighted by Gasteiger charge is 2.25. The summed E-state index contributed by atoms with van der Waals surface area (Å²) in [5.74, 6) is 0.740. The lowest BCUT2D eigenvalue weighted by molar-refractivity contribution is -0.123. The van der Waals surface area contributed by atoms with Gasteiger partial charge in [0, 0.05) is 13.2 Å². The SMILES string of the molecule is CC(C)C(NC(=O)CN1CCC(CO)C1)c1ccccc1. The Morgan fingerprint density at radius 2 is 2.10 bits per heavy atom. The van der Waals surface area contributed by atoms with Crippen molar-refractivity contribution in [1.29, 1.82) is 0 Å². The minimum atomic E-state index is 0.0509. The van der Waals surface area contributed by atoms with Crippen LogP contribution in [0.4, 0.5) is 0 Å². The van der Waals surface area contributed by atoms with E-state index in [0.717, 1.165) is 25.1 Å². The van der Waals surface area contributed by atoms with Crippen molar-refractivity contribution in [2.24, 2.45) is 11.8 Å². The van der Waals surface area contributed by atoms with Crippen LogP contribution >= 0.6 is 0 Å². The van der Waals surface area contributed by atoms with E-state index in [-0.39, 0.29) is 18.6 Å². The second kappa shape index (κ2) is 7.57. The van der Waals surface area contributed by atoms with Crippen molar-refractivity contribution in [1.82, 2.24) is 10.2 Å². The van der Waals surface area contributed by atoms with Crippen LogP contribution in [0.2, 0.25) is 0 Å². The number of hydrogen-bond donors (Lipinski definition) is 2. The first-order valence-electron chi connectivity index (χ1n) is 7.77. The number of carbonyl (C=O) groups is 1. The molecule has 0 spiro atoms. The maximum atomic E-state index is 12.3. The molecule has 0 aliphatic carbocycles. The zero-order valence-corrected chi connectivity index (χ0v) is 13.0. The molecule has 1 aliphatic rings. The van der Waals surface area contributed by atoms with E-state index in [1.54, 1.807) is 0 Å². The van der Waals surface area contributed by atoms with E-state index in [0.29, 0.717) is 18.4 Å². The summed E-state index contributed by atoms with van der Waals surface area (Å²) < 4.78 is 0. The Morgan fingerprint density at radius 1 is 1.38 bits per heavy atom. The number of aliphatic hydroxyl groups excluding tert-OH is 1. The molecule has 0 aromatic heterocycles. The largest absolute Gasteiger partial charge is 0.396 e. The van der Waals surface area contributed by atoms with E-state index in [4.69, 9.17) is 5.11 Å². The van der Waals surface area contributed by atoms with Gasteiger partial charge in [-0.15, -0.1) is 0 Å². The summed E-state index contributed by atoms with van der Waals surface area (Å²) in [4.78, 5) is 14.4. The van der Waals surface area contributed by atoms with Crippen LogP contribution in [0.3, 0.4) is 0 Å². The summed E-state index contributed by atoms with van der Waals surface area (Å²) in [7, 11) is 0. The molecular formula is C17H26N2O2. The van der Waals surface area contributed by atoms with Crippen LogP contribution in [-0.4, -0.2) is 42.2 Å². The lowest BCUT2D eigenvalue weighted by Crippen LogP contribution is -2.39. The van der Waals surface area contributed by atoms with E-state index in [1.165, 1.54) is 0 Å². The van der Waals surface area contributed by atoms with Crippen molar-refractivity contribution in [2.75, 3.05) is 26.2 Å². The molecule has 1 heterocycles. The van der Waals surface area contributed by atoms with Gasteiger partial charge in [0.1, 0.15) is 0 Å². The fourth-order valence-electron chi connectivity index (χ4n) is 2.92. The summed E-state index contributed by atoms with van der Waals surface area (Å²) in [5, 5.41) is 12.3. The number of aliphatic hydroxyl groups is 1. The smallest absolute Gasteiger partial charge is 0.234 e. The third-order valence-corrected chi connectivity index (χ3v) is 4.14. The van der Waals surface area contributed by atoms with Gasteiger partial charge in [0.15, 0.2) is 0 Å². The second-order valence-corrected chi connectivity index (χ2v) is 6.27. The van der Waals surface area contributed by atoms with E-state index < -0.39 is 0 Å². The fourth-order valence-corrected chi connectivity index (χ4v) is 2.92. The normalized spacial score (nSPS) is 20.7. The second-order valence-electron chi connectivity index (χ2n) is 6.27.